The number of benzene rings is 1. The second kappa shape index (κ2) is 6.98. The van der Waals surface area contributed by atoms with E-state index in [1.54, 1.807) is 12.1 Å². The summed E-state index contributed by atoms with van der Waals surface area (Å²) in [5.74, 6) is 0. The van der Waals surface area contributed by atoms with Crippen molar-refractivity contribution in [3.8, 4) is 0 Å². The molecule has 2 N–H and O–H groups in total. The molecule has 0 aliphatic rings. The average Bonchev–Trinajstić information content (AvgIpc) is 2.34. The molecule has 94 valence electrons. The zero-order chi connectivity index (χ0) is 12.7. The molecule has 0 saturated carbocycles. The lowest BCUT2D eigenvalue weighted by Gasteiger charge is -2.11. The Morgan fingerprint density at radius 2 is 2.06 bits per heavy atom. The van der Waals surface area contributed by atoms with Gasteiger partial charge in [0, 0.05) is 18.7 Å². The van der Waals surface area contributed by atoms with E-state index in [0.717, 1.165) is 19.4 Å². The fourth-order valence-corrected chi connectivity index (χ4v) is 1.48. The van der Waals surface area contributed by atoms with E-state index in [2.05, 4.69) is 12.2 Å². The van der Waals surface area contributed by atoms with Gasteiger partial charge in [-0.15, -0.1) is 0 Å². The number of nitro groups is 1. The summed E-state index contributed by atoms with van der Waals surface area (Å²) in [7, 11) is 0. The molecule has 0 saturated heterocycles. The van der Waals surface area contributed by atoms with Gasteiger partial charge in [-0.3, -0.25) is 10.1 Å². The van der Waals surface area contributed by atoms with Gasteiger partial charge in [-0.1, -0.05) is 13.3 Å². The molecule has 0 spiro atoms. The van der Waals surface area contributed by atoms with Crippen LogP contribution in [-0.2, 0) is 0 Å². The monoisotopic (exact) mass is 238 g/mol. The van der Waals surface area contributed by atoms with Crippen LogP contribution in [0.5, 0.6) is 0 Å². The van der Waals surface area contributed by atoms with Crippen molar-refractivity contribution in [2.24, 2.45) is 0 Å². The molecule has 0 heterocycles. The highest BCUT2D eigenvalue weighted by molar-refractivity contribution is 5.33. The van der Waals surface area contributed by atoms with Crippen molar-refractivity contribution in [1.29, 1.82) is 0 Å². The van der Waals surface area contributed by atoms with Crippen LogP contribution in [0.25, 0.3) is 0 Å². The SMILES string of the molecule is CCCCNC[C@@H](O)c1ccc([N+](=O)[O-])cc1. The molecule has 0 aromatic heterocycles. The molecule has 1 rings (SSSR count). The number of rotatable bonds is 7. The highest BCUT2D eigenvalue weighted by Gasteiger charge is 2.09. The number of hydrogen-bond acceptors (Lipinski definition) is 4. The Hall–Kier alpha value is -1.46. The quantitative estimate of drug-likeness (QED) is 0.433. The first-order chi connectivity index (χ1) is 8.15. The smallest absolute Gasteiger partial charge is 0.269 e. The summed E-state index contributed by atoms with van der Waals surface area (Å²) in [6, 6.07) is 5.99. The van der Waals surface area contributed by atoms with Gasteiger partial charge in [-0.2, -0.15) is 0 Å². The van der Waals surface area contributed by atoms with Crippen molar-refractivity contribution in [2.75, 3.05) is 13.1 Å². The van der Waals surface area contributed by atoms with Gasteiger partial charge in [0.05, 0.1) is 11.0 Å². The molecular formula is C12H18N2O3. The predicted octanol–water partition coefficient (Wildman–Crippen LogP) is 2.02. The third-order valence-electron chi connectivity index (χ3n) is 2.53. The zero-order valence-electron chi connectivity index (χ0n) is 9.93. The van der Waals surface area contributed by atoms with Crippen LogP contribution in [0.1, 0.15) is 31.4 Å². The van der Waals surface area contributed by atoms with Gasteiger partial charge < -0.3 is 10.4 Å². The number of nitro benzene ring substituents is 1. The first-order valence-corrected chi connectivity index (χ1v) is 5.78. The molecule has 1 atom stereocenters. The molecule has 5 heteroatoms. The minimum atomic E-state index is -0.618. The molecule has 0 aliphatic heterocycles. The highest BCUT2D eigenvalue weighted by atomic mass is 16.6. The maximum Gasteiger partial charge on any atom is 0.269 e. The van der Waals surface area contributed by atoms with Crippen molar-refractivity contribution in [2.45, 2.75) is 25.9 Å². The Kier molecular flexibility index (Phi) is 5.59. The highest BCUT2D eigenvalue weighted by Crippen LogP contribution is 2.17. The Labute approximate surface area is 101 Å². The third-order valence-corrected chi connectivity index (χ3v) is 2.53. The van der Waals surface area contributed by atoms with Crippen LogP contribution in [0.2, 0.25) is 0 Å². The average molecular weight is 238 g/mol. The molecule has 1 aromatic rings. The largest absolute Gasteiger partial charge is 0.387 e. The fraction of sp³-hybridized carbons (Fsp3) is 0.500. The van der Waals surface area contributed by atoms with Gasteiger partial charge in [-0.05, 0) is 30.7 Å². The summed E-state index contributed by atoms with van der Waals surface area (Å²) >= 11 is 0. The molecule has 0 fully saturated rings. The number of non-ortho nitro benzene ring substituents is 1. The molecule has 1 aromatic carbocycles. The minimum Gasteiger partial charge on any atom is -0.387 e. The topological polar surface area (TPSA) is 75.4 Å². The van der Waals surface area contributed by atoms with Gasteiger partial charge in [0.15, 0.2) is 0 Å². The van der Waals surface area contributed by atoms with E-state index in [-0.39, 0.29) is 5.69 Å². The van der Waals surface area contributed by atoms with Crippen molar-refractivity contribution in [3.63, 3.8) is 0 Å². The van der Waals surface area contributed by atoms with Crippen LogP contribution in [0.4, 0.5) is 5.69 Å². The lowest BCUT2D eigenvalue weighted by molar-refractivity contribution is -0.384. The predicted molar refractivity (Wildman–Crippen MR) is 65.8 cm³/mol. The molecule has 0 radical (unpaired) electrons. The van der Waals surface area contributed by atoms with E-state index in [1.807, 2.05) is 0 Å². The van der Waals surface area contributed by atoms with Crippen molar-refractivity contribution < 1.29 is 10.0 Å². The number of unbranched alkanes of at least 4 members (excludes halogenated alkanes) is 1. The molecule has 0 amide bonds. The third kappa shape index (κ3) is 4.50. The van der Waals surface area contributed by atoms with E-state index < -0.39 is 11.0 Å². The maximum atomic E-state index is 10.5. The van der Waals surface area contributed by atoms with E-state index >= 15 is 0 Å². The number of aliphatic hydroxyl groups excluding tert-OH is 1. The summed E-state index contributed by atoms with van der Waals surface area (Å²) < 4.78 is 0. The van der Waals surface area contributed by atoms with Crippen LogP contribution in [0, 0.1) is 10.1 Å². The summed E-state index contributed by atoms with van der Waals surface area (Å²) in [6.07, 6.45) is 1.57. The van der Waals surface area contributed by atoms with E-state index in [9.17, 15) is 15.2 Å². The van der Waals surface area contributed by atoms with Crippen LogP contribution in [-0.4, -0.2) is 23.1 Å². The Morgan fingerprint density at radius 1 is 1.41 bits per heavy atom. The van der Waals surface area contributed by atoms with Gasteiger partial charge in [0.25, 0.3) is 5.69 Å². The van der Waals surface area contributed by atoms with Crippen LogP contribution in [0.3, 0.4) is 0 Å². The second-order valence-corrected chi connectivity index (χ2v) is 3.92. The van der Waals surface area contributed by atoms with E-state index in [1.165, 1.54) is 12.1 Å². The van der Waals surface area contributed by atoms with Crippen LogP contribution >= 0.6 is 0 Å². The molecule has 0 bridgehead atoms. The summed E-state index contributed by atoms with van der Waals surface area (Å²) in [5, 5.41) is 23.4. The number of aliphatic hydroxyl groups is 1. The lowest BCUT2D eigenvalue weighted by atomic mass is 10.1. The van der Waals surface area contributed by atoms with Crippen molar-refractivity contribution in [1.82, 2.24) is 5.32 Å². The maximum absolute atomic E-state index is 10.5. The number of hydrogen-bond donors (Lipinski definition) is 2. The Morgan fingerprint density at radius 3 is 2.59 bits per heavy atom. The minimum absolute atomic E-state index is 0.0416. The standard InChI is InChI=1S/C12H18N2O3/c1-2-3-8-13-9-12(15)10-4-6-11(7-5-10)14(16)17/h4-7,12-13,15H,2-3,8-9H2,1H3/t12-/m1/s1. The molecule has 5 nitrogen and oxygen atoms in total. The summed E-state index contributed by atoms with van der Waals surface area (Å²) in [5.41, 5.74) is 0.736. The van der Waals surface area contributed by atoms with Gasteiger partial charge in [-0.25, -0.2) is 0 Å². The van der Waals surface area contributed by atoms with Crippen LogP contribution in [0.15, 0.2) is 24.3 Å². The van der Waals surface area contributed by atoms with E-state index in [0.29, 0.717) is 12.1 Å². The Balaban J connectivity index is 2.46. The van der Waals surface area contributed by atoms with E-state index in [4.69, 9.17) is 0 Å². The normalized spacial score (nSPS) is 12.4. The second-order valence-electron chi connectivity index (χ2n) is 3.92. The van der Waals surface area contributed by atoms with Gasteiger partial charge >= 0.3 is 0 Å². The molecule has 0 aliphatic carbocycles. The Bertz CT molecular complexity index is 351. The van der Waals surface area contributed by atoms with Crippen molar-refractivity contribution >= 4 is 5.69 Å². The summed E-state index contributed by atoms with van der Waals surface area (Å²) in [6.45, 7) is 3.45. The van der Waals surface area contributed by atoms with Crippen LogP contribution < -0.4 is 5.32 Å². The summed E-state index contributed by atoms with van der Waals surface area (Å²) in [4.78, 5) is 10.0. The van der Waals surface area contributed by atoms with Crippen molar-refractivity contribution in [3.05, 3.63) is 39.9 Å². The zero-order valence-corrected chi connectivity index (χ0v) is 9.93. The van der Waals surface area contributed by atoms with Gasteiger partial charge in [0.2, 0.25) is 0 Å². The molecular weight excluding hydrogens is 220 g/mol. The first-order valence-electron chi connectivity index (χ1n) is 5.78. The molecule has 17 heavy (non-hydrogen) atoms. The molecule has 0 unspecified atom stereocenters. The number of nitrogens with one attached hydrogen (secondary N) is 1. The van der Waals surface area contributed by atoms with Gasteiger partial charge in [0.1, 0.15) is 0 Å². The number of nitrogens with zero attached hydrogens (tertiary/aromatic N) is 1. The fourth-order valence-electron chi connectivity index (χ4n) is 1.48. The lowest BCUT2D eigenvalue weighted by Crippen LogP contribution is -2.22. The first kappa shape index (κ1) is 13.6.